The van der Waals surface area contributed by atoms with Crippen LogP contribution in [0.4, 0.5) is 5.13 Å². The molecule has 5 heteroatoms. The first-order chi connectivity index (χ1) is 8.67. The minimum atomic E-state index is 0.363. The molecule has 0 N–H and O–H groups in total. The van der Waals surface area contributed by atoms with Crippen LogP contribution in [0.2, 0.25) is 0 Å². The predicted octanol–water partition coefficient (Wildman–Crippen LogP) is 3.41. The maximum absolute atomic E-state index is 11.2. The first-order valence-electron chi connectivity index (χ1n) is 6.43. The average Bonchev–Trinajstić information content (AvgIpc) is 3.05. The molecule has 0 radical (unpaired) electrons. The van der Waals surface area contributed by atoms with Crippen LogP contribution >= 0.6 is 23.1 Å². The summed E-state index contributed by atoms with van der Waals surface area (Å²) in [5.74, 6) is 2.77. The van der Waals surface area contributed by atoms with Gasteiger partial charge in [-0.1, -0.05) is 25.2 Å². The molecule has 2 rings (SSSR count). The zero-order valence-electron chi connectivity index (χ0n) is 11.2. The monoisotopic (exact) mass is 284 g/mol. The van der Waals surface area contributed by atoms with Crippen LogP contribution in [0.5, 0.6) is 0 Å². The number of nitrogens with zero attached hydrogens (tertiary/aromatic N) is 2. The zero-order valence-corrected chi connectivity index (χ0v) is 12.8. The van der Waals surface area contributed by atoms with E-state index in [2.05, 4.69) is 25.8 Å². The molecule has 1 fully saturated rings. The number of aldehydes is 1. The molecular weight excluding hydrogens is 264 g/mol. The predicted molar refractivity (Wildman–Crippen MR) is 80.3 cm³/mol. The van der Waals surface area contributed by atoms with Gasteiger partial charge in [-0.25, -0.2) is 4.98 Å². The van der Waals surface area contributed by atoms with Crippen molar-refractivity contribution in [2.24, 2.45) is 0 Å². The minimum Gasteiger partial charge on any atom is -0.347 e. The summed E-state index contributed by atoms with van der Waals surface area (Å²) >= 11 is 3.53. The van der Waals surface area contributed by atoms with Gasteiger partial charge in [-0.05, 0) is 24.5 Å². The topological polar surface area (TPSA) is 33.2 Å². The molecule has 1 aromatic rings. The molecule has 0 saturated carbocycles. The van der Waals surface area contributed by atoms with E-state index in [0.29, 0.717) is 12.0 Å². The van der Waals surface area contributed by atoms with Crippen LogP contribution in [0.25, 0.3) is 0 Å². The molecule has 0 amide bonds. The summed E-state index contributed by atoms with van der Waals surface area (Å²) in [5.41, 5.74) is 0.977. The third-order valence-corrected chi connectivity index (χ3v) is 5.84. The van der Waals surface area contributed by atoms with Crippen LogP contribution in [0.3, 0.4) is 0 Å². The van der Waals surface area contributed by atoms with Crippen molar-refractivity contribution in [3.05, 3.63) is 10.6 Å². The van der Waals surface area contributed by atoms with E-state index in [1.165, 1.54) is 29.3 Å². The Morgan fingerprint density at radius 2 is 2.39 bits per heavy atom. The molecule has 100 valence electrons. The van der Waals surface area contributed by atoms with E-state index >= 15 is 0 Å². The second-order valence-electron chi connectivity index (χ2n) is 4.80. The second-order valence-corrected chi connectivity index (χ2v) is 6.96. The van der Waals surface area contributed by atoms with Crippen molar-refractivity contribution in [1.82, 2.24) is 4.98 Å². The fraction of sp³-hybridized carbons (Fsp3) is 0.692. The third-order valence-electron chi connectivity index (χ3n) is 3.61. The quantitative estimate of drug-likeness (QED) is 0.776. The van der Waals surface area contributed by atoms with E-state index in [0.717, 1.165) is 28.4 Å². The van der Waals surface area contributed by atoms with E-state index in [9.17, 15) is 4.79 Å². The third kappa shape index (κ3) is 2.72. The van der Waals surface area contributed by atoms with Gasteiger partial charge >= 0.3 is 0 Å². The van der Waals surface area contributed by atoms with Gasteiger partial charge in [0.25, 0.3) is 0 Å². The highest BCUT2D eigenvalue weighted by molar-refractivity contribution is 7.99. The Morgan fingerprint density at radius 3 is 2.94 bits per heavy atom. The van der Waals surface area contributed by atoms with Gasteiger partial charge in [-0.15, -0.1) is 0 Å². The first-order valence-corrected chi connectivity index (χ1v) is 8.41. The molecular formula is C13H20N2OS2. The number of carbonyl (C=O) groups excluding carboxylic acids is 1. The van der Waals surface area contributed by atoms with Crippen molar-refractivity contribution >= 4 is 34.5 Å². The highest BCUT2D eigenvalue weighted by Gasteiger charge is 2.24. The largest absolute Gasteiger partial charge is 0.347 e. The van der Waals surface area contributed by atoms with Crippen LogP contribution in [-0.4, -0.2) is 35.9 Å². The van der Waals surface area contributed by atoms with Gasteiger partial charge in [0.2, 0.25) is 0 Å². The molecule has 18 heavy (non-hydrogen) atoms. The van der Waals surface area contributed by atoms with Gasteiger partial charge in [0, 0.05) is 18.8 Å². The van der Waals surface area contributed by atoms with E-state index < -0.39 is 0 Å². The molecule has 1 aromatic heterocycles. The maximum atomic E-state index is 11.2. The van der Waals surface area contributed by atoms with Crippen molar-refractivity contribution in [3.8, 4) is 0 Å². The Hall–Kier alpha value is -0.550. The lowest BCUT2D eigenvalue weighted by Crippen LogP contribution is -2.31. The number of thioether (sulfide) groups is 1. The number of rotatable bonds is 5. The number of hydrogen-bond acceptors (Lipinski definition) is 5. The Morgan fingerprint density at radius 1 is 1.61 bits per heavy atom. The van der Waals surface area contributed by atoms with Crippen LogP contribution in [0, 0.1) is 0 Å². The molecule has 0 spiro atoms. The fourth-order valence-electron chi connectivity index (χ4n) is 2.10. The lowest BCUT2D eigenvalue weighted by atomic mass is 10.0. The number of anilines is 1. The standard InChI is InChI=1S/C13H20N2OS2/c1-4-9(2)12-11(7-16)18-13(14-12)15(3)10-5-6-17-8-10/h7,9-10H,4-6,8H2,1-3H3. The number of thiazole rings is 1. The Bertz CT molecular complexity index is 413. The Labute approximate surface area is 117 Å². The SMILES string of the molecule is CCC(C)c1nc(N(C)C2CCSC2)sc1C=O. The molecule has 3 nitrogen and oxygen atoms in total. The molecule has 2 unspecified atom stereocenters. The van der Waals surface area contributed by atoms with Crippen molar-refractivity contribution in [2.75, 3.05) is 23.5 Å². The molecule has 1 aliphatic rings. The molecule has 1 saturated heterocycles. The summed E-state index contributed by atoms with van der Waals surface area (Å²) in [6.07, 6.45) is 3.20. The van der Waals surface area contributed by atoms with Gasteiger partial charge in [-0.3, -0.25) is 4.79 Å². The summed E-state index contributed by atoms with van der Waals surface area (Å²) < 4.78 is 0. The molecule has 2 atom stereocenters. The maximum Gasteiger partial charge on any atom is 0.186 e. The molecule has 0 aromatic carbocycles. The van der Waals surface area contributed by atoms with Crippen molar-refractivity contribution in [3.63, 3.8) is 0 Å². The van der Waals surface area contributed by atoms with E-state index in [4.69, 9.17) is 4.98 Å². The van der Waals surface area contributed by atoms with Gasteiger partial charge in [0.1, 0.15) is 0 Å². The summed E-state index contributed by atoms with van der Waals surface area (Å²) in [4.78, 5) is 18.9. The van der Waals surface area contributed by atoms with Crippen LogP contribution in [-0.2, 0) is 0 Å². The van der Waals surface area contributed by atoms with Gasteiger partial charge in [-0.2, -0.15) is 11.8 Å². The van der Waals surface area contributed by atoms with E-state index in [1.54, 1.807) is 0 Å². The normalized spacial score (nSPS) is 20.9. The molecule has 0 bridgehead atoms. The van der Waals surface area contributed by atoms with Gasteiger partial charge in [0.15, 0.2) is 11.4 Å². The summed E-state index contributed by atoms with van der Waals surface area (Å²) in [6, 6.07) is 0.574. The van der Waals surface area contributed by atoms with Gasteiger partial charge < -0.3 is 4.90 Å². The van der Waals surface area contributed by atoms with Crippen molar-refractivity contribution in [1.29, 1.82) is 0 Å². The van der Waals surface area contributed by atoms with Gasteiger partial charge in [0.05, 0.1) is 10.6 Å². The lowest BCUT2D eigenvalue weighted by molar-refractivity contribution is 0.112. The second kappa shape index (κ2) is 6.06. The van der Waals surface area contributed by atoms with E-state index in [1.807, 2.05) is 11.8 Å². The molecule has 2 heterocycles. The number of aromatic nitrogens is 1. The summed E-state index contributed by atoms with van der Waals surface area (Å²) in [5, 5.41) is 1.000. The highest BCUT2D eigenvalue weighted by Crippen LogP contribution is 2.33. The van der Waals surface area contributed by atoms with Crippen LogP contribution in [0.1, 0.15) is 48.0 Å². The first kappa shape index (κ1) is 13.9. The number of carbonyl (C=O) groups is 1. The van der Waals surface area contributed by atoms with Crippen molar-refractivity contribution in [2.45, 2.75) is 38.6 Å². The molecule has 0 aliphatic carbocycles. The minimum absolute atomic E-state index is 0.363. The number of hydrogen-bond donors (Lipinski definition) is 0. The smallest absolute Gasteiger partial charge is 0.186 e. The van der Waals surface area contributed by atoms with E-state index in [-0.39, 0.29) is 0 Å². The fourth-order valence-corrected chi connectivity index (χ4v) is 4.40. The van der Waals surface area contributed by atoms with Crippen LogP contribution < -0.4 is 4.90 Å². The lowest BCUT2D eigenvalue weighted by Gasteiger charge is -2.22. The summed E-state index contributed by atoms with van der Waals surface area (Å²) in [7, 11) is 2.10. The zero-order chi connectivity index (χ0) is 13.1. The Kier molecular flexibility index (Phi) is 4.67. The average molecular weight is 284 g/mol. The van der Waals surface area contributed by atoms with Crippen LogP contribution in [0.15, 0.2) is 0 Å². The molecule has 1 aliphatic heterocycles. The van der Waals surface area contributed by atoms with Crippen molar-refractivity contribution < 1.29 is 4.79 Å². The summed E-state index contributed by atoms with van der Waals surface area (Å²) in [6.45, 7) is 4.27. The highest BCUT2D eigenvalue weighted by atomic mass is 32.2. The Balaban J connectivity index is 2.22.